The first-order valence-corrected chi connectivity index (χ1v) is 9.54. The first-order valence-electron chi connectivity index (χ1n) is 9.54. The molecule has 2 aliphatic heterocycles. The number of fused-ring (bicyclic) bond motifs is 1. The molecule has 0 radical (unpaired) electrons. The minimum atomic E-state index is 0.268. The van der Waals surface area contributed by atoms with Crippen LogP contribution in [0.1, 0.15) is 55.3 Å². The van der Waals surface area contributed by atoms with Crippen LogP contribution in [-0.2, 0) is 6.54 Å². The molecular weight excluding hydrogens is 308 g/mol. The Labute approximate surface area is 150 Å². The highest BCUT2D eigenvalue weighted by Crippen LogP contribution is 2.40. The van der Waals surface area contributed by atoms with E-state index < -0.39 is 0 Å². The van der Waals surface area contributed by atoms with Gasteiger partial charge in [0.15, 0.2) is 0 Å². The highest BCUT2D eigenvalue weighted by molar-refractivity contribution is 5.47. The van der Waals surface area contributed by atoms with Gasteiger partial charge in [-0.2, -0.15) is 0 Å². The van der Waals surface area contributed by atoms with Gasteiger partial charge in [-0.25, -0.2) is 0 Å². The third kappa shape index (κ3) is 3.31. The van der Waals surface area contributed by atoms with Crippen LogP contribution in [0.4, 0.5) is 0 Å². The number of hydrogen-bond donors (Lipinski definition) is 2. The standard InChI is InChI=1S/C22H28N2O/c1-15-16(2)25-22-18(10-6-11-19(15)22)14-24-20-12-7-13-23-21(20)17-8-4-3-5-9-17/h3-6,8-11,15-16,20-21,23-24H,7,12-14H2,1-2H3/t15?,16?,20-,21-/m0/s1. The summed E-state index contributed by atoms with van der Waals surface area (Å²) in [7, 11) is 0. The fourth-order valence-electron chi connectivity index (χ4n) is 4.15. The van der Waals surface area contributed by atoms with Crippen molar-refractivity contribution in [2.75, 3.05) is 6.54 Å². The van der Waals surface area contributed by atoms with Crippen LogP contribution >= 0.6 is 0 Å². The lowest BCUT2D eigenvalue weighted by Crippen LogP contribution is -2.45. The molecule has 25 heavy (non-hydrogen) atoms. The minimum Gasteiger partial charge on any atom is -0.489 e. The normalized spacial score (nSPS) is 28.4. The molecule has 1 saturated heterocycles. The van der Waals surface area contributed by atoms with Crippen molar-refractivity contribution in [1.82, 2.24) is 10.6 Å². The number of para-hydroxylation sites is 1. The smallest absolute Gasteiger partial charge is 0.127 e. The summed E-state index contributed by atoms with van der Waals surface area (Å²) in [6, 6.07) is 18.2. The summed E-state index contributed by atoms with van der Waals surface area (Å²) in [6.07, 6.45) is 2.69. The van der Waals surface area contributed by atoms with Gasteiger partial charge in [-0.1, -0.05) is 55.5 Å². The fourth-order valence-corrected chi connectivity index (χ4v) is 4.15. The monoisotopic (exact) mass is 336 g/mol. The Hall–Kier alpha value is -1.84. The van der Waals surface area contributed by atoms with E-state index in [1.54, 1.807) is 0 Å². The molecule has 3 heteroatoms. The van der Waals surface area contributed by atoms with Crippen molar-refractivity contribution >= 4 is 0 Å². The molecular formula is C22H28N2O. The highest BCUT2D eigenvalue weighted by Gasteiger charge is 2.30. The predicted octanol–water partition coefficient (Wildman–Crippen LogP) is 4.15. The fraction of sp³-hybridized carbons (Fsp3) is 0.455. The topological polar surface area (TPSA) is 33.3 Å². The summed E-state index contributed by atoms with van der Waals surface area (Å²) >= 11 is 0. The molecule has 4 atom stereocenters. The molecule has 0 aromatic heterocycles. The van der Waals surface area contributed by atoms with Gasteiger partial charge in [0.05, 0.1) is 0 Å². The van der Waals surface area contributed by atoms with Gasteiger partial charge in [-0.05, 0) is 31.9 Å². The SMILES string of the molecule is CC1Oc2c(CN[C@H]3CCCN[C@H]3c3ccccc3)cccc2C1C. The van der Waals surface area contributed by atoms with Gasteiger partial charge in [0.1, 0.15) is 11.9 Å². The van der Waals surface area contributed by atoms with Crippen LogP contribution in [0.2, 0.25) is 0 Å². The highest BCUT2D eigenvalue weighted by atomic mass is 16.5. The van der Waals surface area contributed by atoms with E-state index in [0.717, 1.165) is 18.8 Å². The zero-order valence-electron chi connectivity index (χ0n) is 15.2. The van der Waals surface area contributed by atoms with Crippen molar-refractivity contribution in [3.63, 3.8) is 0 Å². The Bertz CT molecular complexity index is 715. The molecule has 3 nitrogen and oxygen atoms in total. The van der Waals surface area contributed by atoms with E-state index in [2.05, 4.69) is 73.0 Å². The van der Waals surface area contributed by atoms with Crippen molar-refractivity contribution in [1.29, 1.82) is 0 Å². The summed E-state index contributed by atoms with van der Waals surface area (Å²) in [5.41, 5.74) is 4.01. The maximum Gasteiger partial charge on any atom is 0.127 e. The minimum absolute atomic E-state index is 0.268. The average molecular weight is 336 g/mol. The van der Waals surface area contributed by atoms with Gasteiger partial charge in [-0.15, -0.1) is 0 Å². The van der Waals surface area contributed by atoms with Crippen molar-refractivity contribution in [2.45, 2.75) is 57.3 Å². The molecule has 0 saturated carbocycles. The Kier molecular flexibility index (Phi) is 4.78. The molecule has 4 rings (SSSR count). The summed E-state index contributed by atoms with van der Waals surface area (Å²) in [4.78, 5) is 0. The number of ether oxygens (including phenoxy) is 1. The lowest BCUT2D eigenvalue weighted by molar-refractivity contribution is 0.229. The molecule has 2 aromatic carbocycles. The second-order valence-corrected chi connectivity index (χ2v) is 7.42. The van der Waals surface area contributed by atoms with Crippen molar-refractivity contribution in [2.24, 2.45) is 0 Å². The van der Waals surface area contributed by atoms with Gasteiger partial charge >= 0.3 is 0 Å². The zero-order valence-corrected chi connectivity index (χ0v) is 15.2. The zero-order chi connectivity index (χ0) is 17.2. The van der Waals surface area contributed by atoms with E-state index >= 15 is 0 Å². The van der Waals surface area contributed by atoms with Crippen LogP contribution in [-0.4, -0.2) is 18.7 Å². The maximum absolute atomic E-state index is 6.15. The van der Waals surface area contributed by atoms with Gasteiger partial charge < -0.3 is 15.4 Å². The Morgan fingerprint density at radius 1 is 1.08 bits per heavy atom. The quantitative estimate of drug-likeness (QED) is 0.880. The molecule has 2 aromatic rings. The van der Waals surface area contributed by atoms with Crippen molar-refractivity contribution in [3.05, 3.63) is 65.2 Å². The van der Waals surface area contributed by atoms with Gasteiger partial charge in [0, 0.05) is 35.7 Å². The number of piperidine rings is 1. The summed E-state index contributed by atoms with van der Waals surface area (Å²) < 4.78 is 6.15. The van der Waals surface area contributed by atoms with Gasteiger partial charge in [0.2, 0.25) is 0 Å². The molecule has 0 amide bonds. The van der Waals surface area contributed by atoms with E-state index in [9.17, 15) is 0 Å². The number of rotatable bonds is 4. The van der Waals surface area contributed by atoms with E-state index in [4.69, 9.17) is 4.74 Å². The van der Waals surface area contributed by atoms with Crippen LogP contribution in [0.25, 0.3) is 0 Å². The van der Waals surface area contributed by atoms with Gasteiger partial charge in [0.25, 0.3) is 0 Å². The number of nitrogens with one attached hydrogen (secondary N) is 2. The van der Waals surface area contributed by atoms with Crippen LogP contribution in [0.15, 0.2) is 48.5 Å². The van der Waals surface area contributed by atoms with Crippen LogP contribution in [0.3, 0.4) is 0 Å². The van der Waals surface area contributed by atoms with Crippen molar-refractivity contribution in [3.8, 4) is 5.75 Å². The van der Waals surface area contributed by atoms with E-state index in [0.29, 0.717) is 18.0 Å². The summed E-state index contributed by atoms with van der Waals surface area (Å²) in [5, 5.41) is 7.50. The Balaban J connectivity index is 1.49. The van der Waals surface area contributed by atoms with E-state index in [-0.39, 0.29) is 6.10 Å². The van der Waals surface area contributed by atoms with Gasteiger partial charge in [-0.3, -0.25) is 0 Å². The largest absolute Gasteiger partial charge is 0.489 e. The second-order valence-electron chi connectivity index (χ2n) is 7.42. The van der Waals surface area contributed by atoms with Crippen LogP contribution < -0.4 is 15.4 Å². The molecule has 132 valence electrons. The first-order chi connectivity index (χ1) is 12.2. The van der Waals surface area contributed by atoms with Crippen molar-refractivity contribution < 1.29 is 4.74 Å². The number of hydrogen-bond acceptors (Lipinski definition) is 3. The van der Waals surface area contributed by atoms with Crippen LogP contribution in [0.5, 0.6) is 5.75 Å². The molecule has 2 heterocycles. The molecule has 2 aliphatic rings. The lowest BCUT2D eigenvalue weighted by atomic mass is 9.92. The molecule has 0 aliphatic carbocycles. The third-order valence-electron chi connectivity index (χ3n) is 5.80. The second kappa shape index (κ2) is 7.19. The molecule has 0 bridgehead atoms. The predicted molar refractivity (Wildman–Crippen MR) is 102 cm³/mol. The van der Waals surface area contributed by atoms with E-state index in [1.165, 1.54) is 29.5 Å². The van der Waals surface area contributed by atoms with E-state index in [1.807, 2.05) is 0 Å². The summed E-state index contributed by atoms with van der Waals surface area (Å²) in [6.45, 7) is 6.37. The lowest BCUT2D eigenvalue weighted by Gasteiger charge is -2.34. The maximum atomic E-state index is 6.15. The third-order valence-corrected chi connectivity index (χ3v) is 5.80. The molecule has 0 spiro atoms. The first kappa shape index (κ1) is 16.6. The molecule has 1 fully saturated rings. The average Bonchev–Trinajstić information content (AvgIpc) is 2.96. The number of benzene rings is 2. The summed E-state index contributed by atoms with van der Waals surface area (Å²) in [5.74, 6) is 1.58. The molecule has 2 N–H and O–H groups in total. The van der Waals surface area contributed by atoms with Crippen LogP contribution in [0, 0.1) is 0 Å². The Morgan fingerprint density at radius 2 is 1.92 bits per heavy atom. The Morgan fingerprint density at radius 3 is 2.76 bits per heavy atom. The molecule has 2 unspecified atom stereocenters.